The molecular weight excluding hydrogens is 540 g/mol. The average molecular weight is 569 g/mol. The molecule has 2 aliphatic carbocycles. The maximum atomic E-state index is 6.55. The van der Waals surface area contributed by atoms with Gasteiger partial charge in [0.15, 0.2) is 0 Å². The van der Waals surface area contributed by atoms with Crippen molar-refractivity contribution in [2.45, 2.75) is 24.0 Å². The van der Waals surface area contributed by atoms with Gasteiger partial charge in [0.1, 0.15) is 23.6 Å². The highest BCUT2D eigenvalue weighted by Crippen LogP contribution is 2.55. The number of ether oxygens (including phenoxy) is 2. The smallest absolute Gasteiger partial charge is 0.217 e. The van der Waals surface area contributed by atoms with E-state index in [0.717, 1.165) is 34.7 Å². The van der Waals surface area contributed by atoms with Crippen molar-refractivity contribution in [2.24, 2.45) is 4.99 Å². The monoisotopic (exact) mass is 568 g/mol. The summed E-state index contributed by atoms with van der Waals surface area (Å²) in [6.45, 7) is 0. The van der Waals surface area contributed by atoms with Crippen LogP contribution in [0.4, 0.5) is 0 Å². The Morgan fingerprint density at radius 3 is 2.16 bits per heavy atom. The van der Waals surface area contributed by atoms with E-state index in [4.69, 9.17) is 19.5 Å². The van der Waals surface area contributed by atoms with E-state index in [1.165, 1.54) is 33.4 Å². The molecule has 0 amide bonds. The van der Waals surface area contributed by atoms with E-state index >= 15 is 0 Å². The highest BCUT2D eigenvalue weighted by Gasteiger charge is 2.47. The van der Waals surface area contributed by atoms with Gasteiger partial charge in [0.25, 0.3) is 0 Å². The van der Waals surface area contributed by atoms with E-state index in [1.54, 1.807) is 0 Å². The topological polar surface area (TPSA) is 43.7 Å². The molecule has 2 atom stereocenters. The first-order valence-electron chi connectivity index (χ1n) is 15.1. The number of pyridine rings is 1. The lowest BCUT2D eigenvalue weighted by Gasteiger charge is -2.32. The van der Waals surface area contributed by atoms with Crippen LogP contribution in [0.5, 0.6) is 11.5 Å². The third kappa shape index (κ3) is 3.70. The molecule has 6 aromatic rings. The lowest BCUT2D eigenvalue weighted by atomic mass is 9.70. The van der Waals surface area contributed by atoms with Crippen molar-refractivity contribution in [3.8, 4) is 22.6 Å². The Morgan fingerprint density at radius 2 is 1.36 bits per heavy atom. The predicted octanol–water partition coefficient (Wildman–Crippen LogP) is 8.68. The molecule has 0 fully saturated rings. The number of aromatic nitrogens is 1. The van der Waals surface area contributed by atoms with Crippen molar-refractivity contribution in [3.63, 3.8) is 0 Å². The number of nitrogens with zero attached hydrogens (tertiary/aromatic N) is 2. The van der Waals surface area contributed by atoms with Crippen molar-refractivity contribution in [1.29, 1.82) is 0 Å². The molecule has 1 aromatic heterocycles. The second kappa shape index (κ2) is 9.78. The molecule has 4 heteroatoms. The Morgan fingerprint density at radius 1 is 0.659 bits per heavy atom. The van der Waals surface area contributed by atoms with Gasteiger partial charge in [-0.2, -0.15) is 0 Å². The SMILES string of the molecule is c1ccc(C2(c3cccc(Oc4cccc(C5=N[C@H]6c7ccccc7C[C@H]6O5)c4)c3)c3ccccc3-c3ccccc32)nc1. The molecule has 0 radical (unpaired) electrons. The molecule has 44 heavy (non-hydrogen) atoms. The minimum atomic E-state index is -0.573. The van der Waals surface area contributed by atoms with E-state index < -0.39 is 5.41 Å². The lowest BCUT2D eigenvalue weighted by Crippen LogP contribution is -2.29. The normalized spacial score (nSPS) is 18.4. The summed E-state index contributed by atoms with van der Waals surface area (Å²) in [5.41, 5.74) is 9.97. The zero-order valence-electron chi connectivity index (χ0n) is 23.9. The van der Waals surface area contributed by atoms with Gasteiger partial charge in [0.05, 0.1) is 11.1 Å². The first kappa shape index (κ1) is 25.1. The van der Waals surface area contributed by atoms with E-state index in [9.17, 15) is 0 Å². The van der Waals surface area contributed by atoms with Crippen LogP contribution in [0.15, 0.2) is 151 Å². The van der Waals surface area contributed by atoms with Gasteiger partial charge in [-0.15, -0.1) is 0 Å². The van der Waals surface area contributed by atoms with Crippen molar-refractivity contribution in [2.75, 3.05) is 0 Å². The maximum Gasteiger partial charge on any atom is 0.217 e. The molecule has 0 spiro atoms. The zero-order chi connectivity index (χ0) is 29.1. The molecule has 0 unspecified atom stereocenters. The summed E-state index contributed by atoms with van der Waals surface area (Å²) < 4.78 is 12.9. The zero-order valence-corrected chi connectivity index (χ0v) is 23.9. The van der Waals surface area contributed by atoms with Gasteiger partial charge >= 0.3 is 0 Å². The molecule has 4 nitrogen and oxygen atoms in total. The summed E-state index contributed by atoms with van der Waals surface area (Å²) in [5.74, 6) is 2.18. The van der Waals surface area contributed by atoms with Crippen LogP contribution in [-0.2, 0) is 16.6 Å². The molecule has 9 rings (SSSR count). The van der Waals surface area contributed by atoms with Gasteiger partial charge in [-0.05, 0) is 81.4 Å². The molecule has 0 N–H and O–H groups in total. The Balaban J connectivity index is 1.10. The maximum absolute atomic E-state index is 6.55. The fraction of sp³-hybridized carbons (Fsp3) is 0.100. The van der Waals surface area contributed by atoms with Gasteiger partial charge < -0.3 is 9.47 Å². The molecule has 0 saturated heterocycles. The number of fused-ring (bicyclic) bond motifs is 6. The van der Waals surface area contributed by atoms with Crippen LogP contribution in [0, 0.1) is 0 Å². The molecule has 0 saturated carbocycles. The highest BCUT2D eigenvalue weighted by molar-refractivity contribution is 5.96. The Kier molecular flexibility index (Phi) is 5.57. The number of hydrogen-bond acceptors (Lipinski definition) is 4. The summed E-state index contributed by atoms with van der Waals surface area (Å²) in [6.07, 6.45) is 2.83. The Hall–Kier alpha value is -5.48. The van der Waals surface area contributed by atoms with Gasteiger partial charge in [0, 0.05) is 18.2 Å². The van der Waals surface area contributed by atoms with Crippen LogP contribution in [0.3, 0.4) is 0 Å². The number of hydrogen-bond donors (Lipinski definition) is 0. The van der Waals surface area contributed by atoms with Gasteiger partial charge in [-0.1, -0.05) is 97.1 Å². The highest BCUT2D eigenvalue weighted by atomic mass is 16.5. The van der Waals surface area contributed by atoms with Crippen LogP contribution in [0.2, 0.25) is 0 Å². The van der Waals surface area contributed by atoms with Crippen LogP contribution in [-0.4, -0.2) is 17.0 Å². The molecular formula is C40H28N2O2. The van der Waals surface area contributed by atoms with Crippen LogP contribution in [0.1, 0.15) is 45.1 Å². The molecule has 5 aromatic carbocycles. The quantitative estimate of drug-likeness (QED) is 0.209. The third-order valence-corrected chi connectivity index (χ3v) is 9.25. The first-order chi connectivity index (χ1) is 21.8. The third-order valence-electron chi connectivity index (χ3n) is 9.25. The van der Waals surface area contributed by atoms with Crippen molar-refractivity contribution < 1.29 is 9.47 Å². The van der Waals surface area contributed by atoms with Crippen molar-refractivity contribution >= 4 is 5.90 Å². The second-order valence-electron chi connectivity index (χ2n) is 11.7. The lowest BCUT2D eigenvalue weighted by molar-refractivity contribution is 0.206. The average Bonchev–Trinajstić information content (AvgIpc) is 3.74. The number of aliphatic imine (C=N–C) groups is 1. The number of benzene rings is 5. The number of rotatable bonds is 5. The molecule has 0 bridgehead atoms. The van der Waals surface area contributed by atoms with E-state index in [1.807, 2.05) is 42.6 Å². The molecule has 1 aliphatic heterocycles. The fourth-order valence-corrected chi connectivity index (χ4v) is 7.41. The van der Waals surface area contributed by atoms with Crippen LogP contribution < -0.4 is 4.74 Å². The minimum absolute atomic E-state index is 0.0578. The first-order valence-corrected chi connectivity index (χ1v) is 15.1. The largest absolute Gasteiger partial charge is 0.471 e. The Bertz CT molecular complexity index is 2040. The summed E-state index contributed by atoms with van der Waals surface area (Å²) >= 11 is 0. The fourth-order valence-electron chi connectivity index (χ4n) is 7.41. The van der Waals surface area contributed by atoms with Gasteiger partial charge in [0.2, 0.25) is 5.90 Å². The Labute approximate surface area is 256 Å². The van der Waals surface area contributed by atoms with E-state index in [2.05, 4.69) is 103 Å². The molecule has 210 valence electrons. The summed E-state index contributed by atoms with van der Waals surface area (Å²) in [5, 5.41) is 0. The standard InChI is InChI=1S/C40H28N2O2/c1-2-16-31-26(11-1)24-36-38(31)42-39(44-36)27-12-9-14-29(23-27)43-30-15-10-13-28(25-30)40(37-21-7-8-22-41-37)34-19-5-3-17-32(34)33-18-4-6-20-35(33)40/h1-23,25,36,38H,24H2/t36-,38+/m1/s1. The van der Waals surface area contributed by atoms with Crippen LogP contribution >= 0.6 is 0 Å². The van der Waals surface area contributed by atoms with Crippen molar-refractivity contribution in [3.05, 3.63) is 185 Å². The molecule has 3 aliphatic rings. The van der Waals surface area contributed by atoms with Crippen molar-refractivity contribution in [1.82, 2.24) is 4.98 Å². The summed E-state index contributed by atoms with van der Waals surface area (Å²) in [6, 6.07) is 48.6. The summed E-state index contributed by atoms with van der Waals surface area (Å²) in [7, 11) is 0. The van der Waals surface area contributed by atoms with Crippen LogP contribution in [0.25, 0.3) is 11.1 Å². The summed E-state index contributed by atoms with van der Waals surface area (Å²) in [4.78, 5) is 9.94. The predicted molar refractivity (Wildman–Crippen MR) is 172 cm³/mol. The minimum Gasteiger partial charge on any atom is -0.471 e. The van der Waals surface area contributed by atoms with E-state index in [0.29, 0.717) is 5.90 Å². The molecule has 2 heterocycles. The van der Waals surface area contributed by atoms with E-state index in [-0.39, 0.29) is 12.1 Å². The van der Waals surface area contributed by atoms with Gasteiger partial charge in [-0.3, -0.25) is 4.98 Å². The van der Waals surface area contributed by atoms with Gasteiger partial charge in [-0.25, -0.2) is 4.99 Å². The second-order valence-corrected chi connectivity index (χ2v) is 11.7.